The lowest BCUT2D eigenvalue weighted by molar-refractivity contribution is 0.214. The van der Waals surface area contributed by atoms with Gasteiger partial charge in [-0.1, -0.05) is 34.1 Å². The van der Waals surface area contributed by atoms with Crippen LogP contribution in [0.25, 0.3) is 0 Å². The van der Waals surface area contributed by atoms with Crippen molar-refractivity contribution in [3.8, 4) is 0 Å². The van der Waals surface area contributed by atoms with E-state index >= 15 is 0 Å². The maximum absolute atomic E-state index is 13.5. The van der Waals surface area contributed by atoms with E-state index in [4.69, 9.17) is 0 Å². The van der Waals surface area contributed by atoms with Gasteiger partial charge in [-0.15, -0.1) is 0 Å². The minimum Gasteiger partial charge on any atom is -0.384 e. The van der Waals surface area contributed by atoms with Gasteiger partial charge < -0.3 is 5.11 Å². The maximum atomic E-state index is 13.5. The number of hydrogen-bond acceptors (Lipinski definition) is 1. The van der Waals surface area contributed by atoms with Crippen LogP contribution in [0.3, 0.4) is 0 Å². The molecule has 0 radical (unpaired) electrons. The van der Waals surface area contributed by atoms with Crippen LogP contribution in [0.4, 0.5) is 8.78 Å². The summed E-state index contributed by atoms with van der Waals surface area (Å²) in [5, 5.41) is 9.98. The molecule has 0 aliphatic carbocycles. The lowest BCUT2D eigenvalue weighted by atomic mass is 10.0. The molecule has 88 valence electrons. The molecule has 2 rings (SSSR count). The number of rotatable bonds is 2. The Morgan fingerprint density at radius 1 is 1.00 bits per heavy atom. The molecule has 0 saturated heterocycles. The van der Waals surface area contributed by atoms with E-state index in [2.05, 4.69) is 15.9 Å². The summed E-state index contributed by atoms with van der Waals surface area (Å²) in [5.74, 6) is -1.41. The predicted octanol–water partition coefficient (Wildman–Crippen LogP) is 3.81. The molecular weight excluding hydrogens is 290 g/mol. The van der Waals surface area contributed by atoms with E-state index in [-0.39, 0.29) is 5.56 Å². The number of aliphatic hydroxyl groups excluding tert-OH is 1. The smallest absolute Gasteiger partial charge is 0.132 e. The van der Waals surface area contributed by atoms with Gasteiger partial charge in [-0.2, -0.15) is 0 Å². The molecule has 0 aliphatic rings. The van der Waals surface area contributed by atoms with Crippen molar-refractivity contribution in [3.63, 3.8) is 0 Å². The molecule has 2 aromatic rings. The molecule has 0 amide bonds. The Labute approximate surface area is 106 Å². The molecular formula is C13H9BrF2O. The second-order valence-electron chi connectivity index (χ2n) is 3.62. The first kappa shape index (κ1) is 12.2. The van der Waals surface area contributed by atoms with Gasteiger partial charge in [0.05, 0.1) is 0 Å². The Morgan fingerprint density at radius 2 is 1.65 bits per heavy atom. The maximum Gasteiger partial charge on any atom is 0.132 e. The van der Waals surface area contributed by atoms with Gasteiger partial charge in [0.2, 0.25) is 0 Å². The van der Waals surface area contributed by atoms with Gasteiger partial charge in [0.15, 0.2) is 0 Å². The molecule has 0 spiro atoms. The van der Waals surface area contributed by atoms with Gasteiger partial charge in [0, 0.05) is 16.1 Å². The first-order chi connectivity index (χ1) is 8.08. The number of aliphatic hydroxyl groups is 1. The summed E-state index contributed by atoms with van der Waals surface area (Å²) < 4.78 is 27.1. The third-order valence-electron chi connectivity index (χ3n) is 2.44. The van der Waals surface area contributed by atoms with Crippen LogP contribution >= 0.6 is 15.9 Å². The summed E-state index contributed by atoms with van der Waals surface area (Å²) >= 11 is 3.27. The fraction of sp³-hybridized carbons (Fsp3) is 0.0769. The summed E-state index contributed by atoms with van der Waals surface area (Å²) in [6.07, 6.45) is -1.09. The third kappa shape index (κ3) is 2.70. The molecule has 0 heterocycles. The van der Waals surface area contributed by atoms with Crippen molar-refractivity contribution in [1.29, 1.82) is 0 Å². The minimum absolute atomic E-state index is 0.0636. The largest absolute Gasteiger partial charge is 0.384 e. The molecule has 0 aromatic heterocycles. The Hall–Kier alpha value is -1.26. The zero-order chi connectivity index (χ0) is 12.4. The molecule has 2 aromatic carbocycles. The molecule has 0 aliphatic heterocycles. The lowest BCUT2D eigenvalue weighted by Gasteiger charge is -2.12. The van der Waals surface area contributed by atoms with Crippen LogP contribution in [0.15, 0.2) is 46.9 Å². The van der Waals surface area contributed by atoms with Gasteiger partial charge in [0.25, 0.3) is 0 Å². The van der Waals surface area contributed by atoms with Gasteiger partial charge in [-0.25, -0.2) is 8.78 Å². The molecule has 1 atom stereocenters. The van der Waals surface area contributed by atoms with Gasteiger partial charge >= 0.3 is 0 Å². The number of hydrogen-bond donors (Lipinski definition) is 1. The van der Waals surface area contributed by atoms with Crippen molar-refractivity contribution in [2.24, 2.45) is 0 Å². The first-order valence-electron chi connectivity index (χ1n) is 4.96. The molecule has 0 saturated carbocycles. The highest BCUT2D eigenvalue weighted by atomic mass is 79.9. The zero-order valence-electron chi connectivity index (χ0n) is 8.70. The lowest BCUT2D eigenvalue weighted by Crippen LogP contribution is -2.02. The molecule has 1 unspecified atom stereocenters. The molecule has 0 fully saturated rings. The van der Waals surface area contributed by atoms with Crippen molar-refractivity contribution in [2.45, 2.75) is 6.10 Å². The Kier molecular flexibility index (Phi) is 3.54. The minimum atomic E-state index is -1.09. The van der Waals surface area contributed by atoms with Gasteiger partial charge in [-0.3, -0.25) is 0 Å². The molecule has 1 N–H and O–H groups in total. The third-order valence-corrected chi connectivity index (χ3v) is 2.97. The highest BCUT2D eigenvalue weighted by molar-refractivity contribution is 9.10. The predicted molar refractivity (Wildman–Crippen MR) is 64.6 cm³/mol. The van der Waals surface area contributed by atoms with E-state index in [1.165, 1.54) is 6.07 Å². The fourth-order valence-electron chi connectivity index (χ4n) is 1.55. The Balaban J connectivity index is 2.36. The topological polar surface area (TPSA) is 20.2 Å². The Morgan fingerprint density at radius 3 is 2.24 bits per heavy atom. The van der Waals surface area contributed by atoms with E-state index < -0.39 is 17.7 Å². The molecule has 4 heteroatoms. The summed E-state index contributed by atoms with van der Waals surface area (Å²) in [6, 6.07) is 9.99. The summed E-state index contributed by atoms with van der Waals surface area (Å²) in [7, 11) is 0. The van der Waals surface area contributed by atoms with E-state index in [0.717, 1.165) is 16.6 Å². The second-order valence-corrected chi connectivity index (χ2v) is 4.54. The summed E-state index contributed by atoms with van der Waals surface area (Å²) in [4.78, 5) is 0. The average Bonchev–Trinajstić information content (AvgIpc) is 2.29. The van der Waals surface area contributed by atoms with E-state index in [1.807, 2.05) is 0 Å². The van der Waals surface area contributed by atoms with Crippen molar-refractivity contribution in [1.82, 2.24) is 0 Å². The van der Waals surface area contributed by atoms with Gasteiger partial charge in [0.1, 0.15) is 17.7 Å². The fourth-order valence-corrected chi connectivity index (χ4v) is 1.81. The highest BCUT2D eigenvalue weighted by Crippen LogP contribution is 2.25. The van der Waals surface area contributed by atoms with Crippen LogP contribution in [0.5, 0.6) is 0 Å². The van der Waals surface area contributed by atoms with Crippen molar-refractivity contribution in [3.05, 3.63) is 69.7 Å². The van der Waals surface area contributed by atoms with Crippen molar-refractivity contribution >= 4 is 15.9 Å². The van der Waals surface area contributed by atoms with E-state index in [1.54, 1.807) is 24.3 Å². The van der Waals surface area contributed by atoms with E-state index in [0.29, 0.717) is 5.56 Å². The van der Waals surface area contributed by atoms with Crippen LogP contribution < -0.4 is 0 Å². The van der Waals surface area contributed by atoms with Crippen LogP contribution in [0.2, 0.25) is 0 Å². The number of halogens is 3. The number of benzene rings is 2. The standard InChI is InChI=1S/C13H9BrF2O/c14-9-3-1-8(2-4-9)13(17)11-6-5-10(15)7-12(11)16/h1-7,13,17H. The molecule has 17 heavy (non-hydrogen) atoms. The molecule has 0 bridgehead atoms. The highest BCUT2D eigenvalue weighted by Gasteiger charge is 2.15. The van der Waals surface area contributed by atoms with Crippen molar-refractivity contribution < 1.29 is 13.9 Å². The van der Waals surface area contributed by atoms with E-state index in [9.17, 15) is 13.9 Å². The average molecular weight is 299 g/mol. The zero-order valence-corrected chi connectivity index (χ0v) is 10.3. The monoisotopic (exact) mass is 298 g/mol. The first-order valence-corrected chi connectivity index (χ1v) is 5.75. The SMILES string of the molecule is OC(c1ccc(Br)cc1)c1ccc(F)cc1F. The van der Waals surface area contributed by atoms with Crippen LogP contribution in [0, 0.1) is 11.6 Å². The van der Waals surface area contributed by atoms with Crippen molar-refractivity contribution in [2.75, 3.05) is 0 Å². The van der Waals surface area contributed by atoms with Crippen LogP contribution in [-0.2, 0) is 0 Å². The summed E-state index contributed by atoms with van der Waals surface area (Å²) in [5.41, 5.74) is 0.618. The normalized spacial score (nSPS) is 12.5. The van der Waals surface area contributed by atoms with Gasteiger partial charge in [-0.05, 0) is 23.8 Å². The quantitative estimate of drug-likeness (QED) is 0.894. The Bertz CT molecular complexity index is 525. The second kappa shape index (κ2) is 4.94. The van der Waals surface area contributed by atoms with Crippen LogP contribution in [-0.4, -0.2) is 5.11 Å². The van der Waals surface area contributed by atoms with Crippen LogP contribution in [0.1, 0.15) is 17.2 Å². The summed E-state index contributed by atoms with van der Waals surface area (Å²) in [6.45, 7) is 0. The molecule has 1 nitrogen and oxygen atoms in total.